The molecule has 27 heavy (non-hydrogen) atoms. The molecule has 0 spiro atoms. The van der Waals surface area contributed by atoms with Crippen molar-refractivity contribution < 1.29 is 18.0 Å². The van der Waals surface area contributed by atoms with E-state index in [0.717, 1.165) is 36.7 Å². The van der Waals surface area contributed by atoms with Gasteiger partial charge < -0.3 is 9.80 Å². The molecule has 142 valence electrons. The average molecular weight is 376 g/mol. The zero-order valence-corrected chi connectivity index (χ0v) is 14.6. The maximum atomic E-state index is 12.7. The van der Waals surface area contributed by atoms with E-state index >= 15 is 0 Å². The summed E-state index contributed by atoms with van der Waals surface area (Å²) in [5, 5.41) is 7.14. The van der Waals surface area contributed by atoms with Crippen LogP contribution in [-0.4, -0.2) is 40.6 Å². The Morgan fingerprint density at radius 3 is 2.59 bits per heavy atom. The zero-order valence-electron chi connectivity index (χ0n) is 14.6. The molecule has 1 atom stereocenters. The highest BCUT2D eigenvalue weighted by atomic mass is 19.4. The van der Waals surface area contributed by atoms with Gasteiger partial charge in [0, 0.05) is 37.7 Å². The van der Waals surface area contributed by atoms with E-state index in [-0.39, 0.29) is 11.8 Å². The van der Waals surface area contributed by atoms with Crippen molar-refractivity contribution in [3.63, 3.8) is 0 Å². The number of alkyl halides is 3. The number of anilines is 2. The first-order valence-electron chi connectivity index (χ1n) is 8.98. The van der Waals surface area contributed by atoms with E-state index in [0.29, 0.717) is 25.3 Å². The molecule has 0 N–H and O–H groups in total. The Morgan fingerprint density at radius 1 is 1.11 bits per heavy atom. The molecular weight excluding hydrogens is 357 g/mol. The Bertz CT molecular complexity index is 838. The SMILES string of the molecule is O=C1CCCN1CCC1CN(c2ccc(C(F)(F)F)nn2)c2ccccc21. The first-order chi connectivity index (χ1) is 12.9. The van der Waals surface area contributed by atoms with E-state index in [1.54, 1.807) is 0 Å². The minimum Gasteiger partial charge on any atom is -0.343 e. The highest BCUT2D eigenvalue weighted by molar-refractivity contribution is 5.78. The fraction of sp³-hybridized carbons (Fsp3) is 0.421. The Labute approximate surface area is 154 Å². The van der Waals surface area contributed by atoms with Crippen LogP contribution in [0.2, 0.25) is 0 Å². The molecule has 5 nitrogen and oxygen atoms in total. The van der Waals surface area contributed by atoms with Crippen LogP contribution >= 0.6 is 0 Å². The number of likely N-dealkylation sites (tertiary alicyclic amines) is 1. The number of nitrogens with zero attached hydrogens (tertiary/aromatic N) is 4. The van der Waals surface area contributed by atoms with Crippen LogP contribution in [0.3, 0.4) is 0 Å². The first-order valence-corrected chi connectivity index (χ1v) is 8.98. The summed E-state index contributed by atoms with van der Waals surface area (Å²) in [6.45, 7) is 2.12. The fourth-order valence-electron chi connectivity index (χ4n) is 3.83. The van der Waals surface area contributed by atoms with E-state index in [4.69, 9.17) is 0 Å². The number of para-hydroxylation sites is 1. The number of hydrogen-bond donors (Lipinski definition) is 0. The molecule has 1 aromatic carbocycles. The second-order valence-electron chi connectivity index (χ2n) is 6.91. The second-order valence-corrected chi connectivity index (χ2v) is 6.91. The fourth-order valence-corrected chi connectivity index (χ4v) is 3.83. The summed E-state index contributed by atoms with van der Waals surface area (Å²) in [4.78, 5) is 15.6. The highest BCUT2D eigenvalue weighted by Crippen LogP contribution is 2.42. The van der Waals surface area contributed by atoms with Gasteiger partial charge in [-0.15, -0.1) is 10.2 Å². The van der Waals surface area contributed by atoms with Gasteiger partial charge in [-0.1, -0.05) is 18.2 Å². The monoisotopic (exact) mass is 376 g/mol. The lowest BCUT2D eigenvalue weighted by atomic mass is 9.98. The molecule has 2 aliphatic heterocycles. The number of rotatable bonds is 4. The number of benzene rings is 1. The molecule has 8 heteroatoms. The summed E-state index contributed by atoms with van der Waals surface area (Å²) in [5.74, 6) is 0.792. The Hall–Kier alpha value is -2.64. The third kappa shape index (κ3) is 3.48. The van der Waals surface area contributed by atoms with Crippen molar-refractivity contribution in [1.29, 1.82) is 0 Å². The Balaban J connectivity index is 1.53. The molecule has 4 rings (SSSR count). The van der Waals surface area contributed by atoms with Crippen LogP contribution in [0.4, 0.5) is 24.7 Å². The lowest BCUT2D eigenvalue weighted by Gasteiger charge is -2.20. The van der Waals surface area contributed by atoms with Crippen molar-refractivity contribution in [3.8, 4) is 0 Å². The minimum absolute atomic E-state index is 0.193. The van der Waals surface area contributed by atoms with E-state index in [9.17, 15) is 18.0 Å². The summed E-state index contributed by atoms with van der Waals surface area (Å²) in [6, 6.07) is 10.1. The summed E-state index contributed by atoms with van der Waals surface area (Å²) in [7, 11) is 0. The molecule has 1 amide bonds. The smallest absolute Gasteiger partial charge is 0.343 e. The molecule has 0 saturated carbocycles. The molecule has 2 aromatic rings. The standard InChI is InChI=1S/C19H19F3N4O/c20-19(21,22)16-7-8-17(24-23-16)26-12-13(14-4-1-2-5-15(14)26)9-11-25-10-3-6-18(25)27/h1-2,4-5,7-8,13H,3,6,9-12H2. The van der Waals surface area contributed by atoms with Crippen LogP contribution in [0, 0.1) is 0 Å². The molecular formula is C19H19F3N4O. The van der Waals surface area contributed by atoms with Crippen LogP contribution < -0.4 is 4.90 Å². The zero-order chi connectivity index (χ0) is 19.0. The topological polar surface area (TPSA) is 49.3 Å². The van der Waals surface area contributed by atoms with Crippen LogP contribution in [0.1, 0.15) is 36.4 Å². The first kappa shape index (κ1) is 17.8. The normalized spacial score (nSPS) is 19.7. The number of amides is 1. The van der Waals surface area contributed by atoms with E-state index in [1.165, 1.54) is 6.07 Å². The Morgan fingerprint density at radius 2 is 1.93 bits per heavy atom. The predicted molar refractivity (Wildman–Crippen MR) is 93.7 cm³/mol. The molecule has 2 aliphatic rings. The number of halogens is 3. The van der Waals surface area contributed by atoms with Crippen LogP contribution in [0.15, 0.2) is 36.4 Å². The lowest BCUT2D eigenvalue weighted by molar-refractivity contribution is -0.141. The predicted octanol–water partition coefficient (Wildman–Crippen LogP) is 3.74. The largest absolute Gasteiger partial charge is 0.435 e. The number of carbonyl (C=O) groups is 1. The van der Waals surface area contributed by atoms with Crippen molar-refractivity contribution in [3.05, 3.63) is 47.7 Å². The van der Waals surface area contributed by atoms with Gasteiger partial charge in [-0.2, -0.15) is 13.2 Å². The van der Waals surface area contributed by atoms with Gasteiger partial charge in [-0.05, 0) is 36.6 Å². The van der Waals surface area contributed by atoms with Gasteiger partial charge in [-0.3, -0.25) is 4.79 Å². The van der Waals surface area contributed by atoms with Crippen molar-refractivity contribution in [2.24, 2.45) is 0 Å². The third-order valence-corrected chi connectivity index (χ3v) is 5.21. The minimum atomic E-state index is -4.50. The van der Waals surface area contributed by atoms with Crippen molar-refractivity contribution in [2.75, 3.05) is 24.5 Å². The summed E-state index contributed by atoms with van der Waals surface area (Å²) in [5.41, 5.74) is 1.07. The van der Waals surface area contributed by atoms with Gasteiger partial charge in [0.25, 0.3) is 0 Å². The van der Waals surface area contributed by atoms with Crippen LogP contribution in [0.25, 0.3) is 0 Å². The maximum Gasteiger partial charge on any atom is 0.435 e. The second kappa shape index (κ2) is 6.83. The maximum absolute atomic E-state index is 12.7. The van der Waals surface area contributed by atoms with E-state index in [2.05, 4.69) is 10.2 Å². The third-order valence-electron chi connectivity index (χ3n) is 5.21. The molecule has 0 bridgehead atoms. The number of fused-ring (bicyclic) bond motifs is 1. The quantitative estimate of drug-likeness (QED) is 0.816. The number of carbonyl (C=O) groups excluding carboxylic acids is 1. The Kier molecular flexibility index (Phi) is 4.49. The molecule has 1 unspecified atom stereocenters. The summed E-state index contributed by atoms with van der Waals surface area (Å²) < 4.78 is 38.2. The molecule has 1 aromatic heterocycles. The van der Waals surface area contributed by atoms with Gasteiger partial charge in [0.1, 0.15) is 0 Å². The van der Waals surface area contributed by atoms with Crippen molar-refractivity contribution >= 4 is 17.4 Å². The summed E-state index contributed by atoms with van der Waals surface area (Å²) >= 11 is 0. The van der Waals surface area contributed by atoms with E-state index in [1.807, 2.05) is 34.1 Å². The molecule has 3 heterocycles. The van der Waals surface area contributed by atoms with Crippen molar-refractivity contribution in [1.82, 2.24) is 15.1 Å². The van der Waals surface area contributed by atoms with Crippen LogP contribution in [-0.2, 0) is 11.0 Å². The van der Waals surface area contributed by atoms with Gasteiger partial charge >= 0.3 is 6.18 Å². The van der Waals surface area contributed by atoms with E-state index < -0.39 is 11.9 Å². The lowest BCUT2D eigenvalue weighted by Crippen LogP contribution is -2.27. The molecule has 1 fully saturated rings. The molecule has 0 radical (unpaired) electrons. The van der Waals surface area contributed by atoms with Gasteiger partial charge in [0.05, 0.1) is 0 Å². The number of aromatic nitrogens is 2. The number of hydrogen-bond acceptors (Lipinski definition) is 4. The molecule has 0 aliphatic carbocycles. The summed E-state index contributed by atoms with van der Waals surface area (Å²) in [6.07, 6.45) is -2.16. The van der Waals surface area contributed by atoms with Gasteiger partial charge in [0.2, 0.25) is 5.91 Å². The average Bonchev–Trinajstić information content (AvgIpc) is 3.23. The van der Waals surface area contributed by atoms with Gasteiger partial charge in [-0.25, -0.2) is 0 Å². The van der Waals surface area contributed by atoms with Gasteiger partial charge in [0.15, 0.2) is 11.5 Å². The van der Waals surface area contributed by atoms with Crippen LogP contribution in [0.5, 0.6) is 0 Å². The van der Waals surface area contributed by atoms with Crippen molar-refractivity contribution in [2.45, 2.75) is 31.4 Å². The highest BCUT2D eigenvalue weighted by Gasteiger charge is 2.35. The molecule has 1 saturated heterocycles.